The third kappa shape index (κ3) is 6.71. The van der Waals surface area contributed by atoms with E-state index in [-0.39, 0.29) is 24.9 Å². The summed E-state index contributed by atoms with van der Waals surface area (Å²) in [6.45, 7) is 0.154. The van der Waals surface area contributed by atoms with E-state index < -0.39 is 10.0 Å². The summed E-state index contributed by atoms with van der Waals surface area (Å²) in [4.78, 5) is 12.0. The number of hydrogen-bond acceptors (Lipinski definition) is 3. The van der Waals surface area contributed by atoms with E-state index in [2.05, 4.69) is 22.2 Å². The normalized spacial score (nSPS) is 21.8. The van der Waals surface area contributed by atoms with Crippen LogP contribution in [0.5, 0.6) is 0 Å². The van der Waals surface area contributed by atoms with Crippen LogP contribution in [-0.4, -0.2) is 33.2 Å². The molecule has 1 fully saturated rings. The first kappa shape index (κ1) is 17.9. The van der Waals surface area contributed by atoms with Crippen LogP contribution in [0.2, 0.25) is 0 Å². The number of hydrogen-bond donors (Lipinski definition) is 2. The Morgan fingerprint density at radius 3 is 2.57 bits per heavy atom. The summed E-state index contributed by atoms with van der Waals surface area (Å²) >= 11 is 0. The maximum Gasteiger partial charge on any atom is 0.221 e. The minimum absolute atomic E-state index is 0.0777. The van der Waals surface area contributed by atoms with Gasteiger partial charge in [0.1, 0.15) is 0 Å². The van der Waals surface area contributed by atoms with Crippen molar-refractivity contribution in [2.45, 2.75) is 44.6 Å². The van der Waals surface area contributed by atoms with E-state index in [4.69, 9.17) is 0 Å². The molecule has 2 rings (SSSR count). The molecule has 2 N–H and O–H groups in total. The van der Waals surface area contributed by atoms with Gasteiger partial charge in [-0.05, 0) is 30.7 Å². The maximum absolute atomic E-state index is 12.0. The van der Waals surface area contributed by atoms with Crippen molar-refractivity contribution in [1.82, 2.24) is 10.0 Å². The number of carbonyl (C=O) groups is 1. The molecule has 0 aliphatic heterocycles. The molecule has 5 nitrogen and oxygen atoms in total. The Kier molecular flexibility index (Phi) is 6.59. The topological polar surface area (TPSA) is 75.3 Å². The van der Waals surface area contributed by atoms with E-state index in [0.717, 1.165) is 31.9 Å². The molecule has 1 aromatic carbocycles. The number of benzene rings is 1. The van der Waals surface area contributed by atoms with Crippen LogP contribution in [0.25, 0.3) is 0 Å². The third-order valence-corrected chi connectivity index (χ3v) is 5.04. The lowest BCUT2D eigenvalue weighted by atomic mass is 9.80. The molecule has 1 aliphatic carbocycles. The smallest absolute Gasteiger partial charge is 0.221 e. The number of nitrogens with one attached hydrogen (secondary N) is 2. The van der Waals surface area contributed by atoms with Gasteiger partial charge in [-0.3, -0.25) is 4.79 Å². The fourth-order valence-corrected chi connectivity index (χ4v) is 3.66. The van der Waals surface area contributed by atoms with Crippen molar-refractivity contribution in [2.24, 2.45) is 5.92 Å². The van der Waals surface area contributed by atoms with Gasteiger partial charge in [-0.25, -0.2) is 13.1 Å². The van der Waals surface area contributed by atoms with E-state index in [1.807, 2.05) is 18.2 Å². The summed E-state index contributed by atoms with van der Waals surface area (Å²) < 4.78 is 24.4. The molecule has 0 heterocycles. The Bertz CT molecular complexity index is 602. The summed E-state index contributed by atoms with van der Waals surface area (Å²) in [7, 11) is -3.23. The van der Waals surface area contributed by atoms with Crippen LogP contribution in [0.4, 0.5) is 0 Å². The molecular formula is C17H26N2O3S. The van der Waals surface area contributed by atoms with Gasteiger partial charge in [0.2, 0.25) is 15.9 Å². The highest BCUT2D eigenvalue weighted by Gasteiger charge is 2.26. The van der Waals surface area contributed by atoms with Gasteiger partial charge in [-0.15, -0.1) is 0 Å². The molecule has 23 heavy (non-hydrogen) atoms. The highest BCUT2D eigenvalue weighted by Crippen LogP contribution is 2.27. The van der Waals surface area contributed by atoms with E-state index in [0.29, 0.717) is 5.92 Å². The fourth-order valence-electron chi connectivity index (χ4n) is 3.19. The van der Waals surface area contributed by atoms with Crippen molar-refractivity contribution in [1.29, 1.82) is 0 Å². The van der Waals surface area contributed by atoms with E-state index >= 15 is 0 Å². The minimum atomic E-state index is -3.23. The maximum atomic E-state index is 12.0. The monoisotopic (exact) mass is 338 g/mol. The lowest BCUT2D eigenvalue weighted by Gasteiger charge is -2.32. The van der Waals surface area contributed by atoms with Gasteiger partial charge >= 0.3 is 0 Å². The third-order valence-electron chi connectivity index (χ3n) is 4.31. The summed E-state index contributed by atoms with van der Waals surface area (Å²) in [6.07, 6.45) is 6.73. The van der Waals surface area contributed by atoms with Crippen LogP contribution >= 0.6 is 0 Å². The second-order valence-corrected chi connectivity index (χ2v) is 8.16. The summed E-state index contributed by atoms with van der Waals surface area (Å²) in [5, 5.41) is 3.10. The van der Waals surface area contributed by atoms with Gasteiger partial charge in [0.15, 0.2) is 0 Å². The Balaban J connectivity index is 1.84. The Morgan fingerprint density at radius 2 is 1.87 bits per heavy atom. The molecular weight excluding hydrogens is 312 g/mol. The predicted octanol–water partition coefficient (Wildman–Crippen LogP) is 1.84. The molecule has 0 aromatic heterocycles. The van der Waals surface area contributed by atoms with Gasteiger partial charge in [-0.2, -0.15) is 0 Å². The summed E-state index contributed by atoms with van der Waals surface area (Å²) in [5.74, 6) is 0.379. The largest absolute Gasteiger partial charge is 0.353 e. The highest BCUT2D eigenvalue weighted by atomic mass is 32.2. The average molecular weight is 338 g/mol. The van der Waals surface area contributed by atoms with Gasteiger partial charge in [0.05, 0.1) is 6.26 Å². The van der Waals surface area contributed by atoms with Crippen LogP contribution in [0.15, 0.2) is 30.3 Å². The standard InChI is InChI=1S/C17H26N2O3S/c1-23(21,22)18-12-11-17(20)19-16-10-6-5-9-15(16)13-14-7-3-2-4-8-14/h2-4,7-8,15-16,18H,5-6,9-13H2,1H3,(H,19,20)/t15-,16-/m0/s1. The second kappa shape index (κ2) is 8.45. The Labute approximate surface area is 138 Å². The Hall–Kier alpha value is -1.40. The van der Waals surface area contributed by atoms with E-state index in [1.54, 1.807) is 0 Å². The van der Waals surface area contributed by atoms with E-state index in [9.17, 15) is 13.2 Å². The molecule has 1 amide bonds. The van der Waals surface area contributed by atoms with E-state index in [1.165, 1.54) is 12.0 Å². The van der Waals surface area contributed by atoms with Crippen LogP contribution in [-0.2, 0) is 21.2 Å². The molecule has 1 aliphatic rings. The number of sulfonamides is 1. The first-order valence-corrected chi connectivity index (χ1v) is 10.1. The molecule has 0 radical (unpaired) electrons. The lowest BCUT2D eigenvalue weighted by molar-refractivity contribution is -0.122. The quantitative estimate of drug-likeness (QED) is 0.796. The average Bonchev–Trinajstić information content (AvgIpc) is 2.49. The number of carbonyl (C=O) groups excluding carboxylic acids is 1. The zero-order valence-corrected chi connectivity index (χ0v) is 14.4. The van der Waals surface area contributed by atoms with Crippen LogP contribution in [0.3, 0.4) is 0 Å². The molecule has 1 saturated carbocycles. The summed E-state index contributed by atoms with van der Waals surface area (Å²) in [5.41, 5.74) is 1.30. The van der Waals surface area contributed by atoms with Crippen LogP contribution < -0.4 is 10.0 Å². The van der Waals surface area contributed by atoms with Crippen molar-refractivity contribution >= 4 is 15.9 Å². The molecule has 0 spiro atoms. The van der Waals surface area contributed by atoms with Crippen molar-refractivity contribution in [3.8, 4) is 0 Å². The van der Waals surface area contributed by atoms with Gasteiger partial charge in [0, 0.05) is 19.0 Å². The summed E-state index contributed by atoms with van der Waals surface area (Å²) in [6, 6.07) is 10.5. The van der Waals surface area contributed by atoms with Gasteiger partial charge in [-0.1, -0.05) is 43.2 Å². The first-order chi connectivity index (χ1) is 10.9. The SMILES string of the molecule is CS(=O)(=O)NCCC(=O)N[C@H]1CCCC[C@H]1Cc1ccccc1. The van der Waals surface area contributed by atoms with Gasteiger partial charge < -0.3 is 5.32 Å². The zero-order valence-electron chi connectivity index (χ0n) is 13.6. The fraction of sp³-hybridized carbons (Fsp3) is 0.588. The molecule has 0 bridgehead atoms. The molecule has 2 atom stereocenters. The predicted molar refractivity (Wildman–Crippen MR) is 91.5 cm³/mol. The van der Waals surface area contributed by atoms with Crippen molar-refractivity contribution in [3.05, 3.63) is 35.9 Å². The van der Waals surface area contributed by atoms with Crippen molar-refractivity contribution in [2.75, 3.05) is 12.8 Å². The van der Waals surface area contributed by atoms with Crippen molar-refractivity contribution < 1.29 is 13.2 Å². The Morgan fingerprint density at radius 1 is 1.17 bits per heavy atom. The van der Waals surface area contributed by atoms with Crippen molar-refractivity contribution in [3.63, 3.8) is 0 Å². The first-order valence-electron chi connectivity index (χ1n) is 8.22. The molecule has 6 heteroatoms. The minimum Gasteiger partial charge on any atom is -0.353 e. The second-order valence-electron chi connectivity index (χ2n) is 6.32. The van der Waals surface area contributed by atoms with Gasteiger partial charge in [0.25, 0.3) is 0 Å². The zero-order chi connectivity index (χ0) is 16.7. The van der Waals surface area contributed by atoms with Crippen LogP contribution in [0, 0.1) is 5.92 Å². The molecule has 0 unspecified atom stereocenters. The molecule has 128 valence electrons. The highest BCUT2D eigenvalue weighted by molar-refractivity contribution is 7.88. The molecule has 1 aromatic rings. The number of rotatable bonds is 7. The van der Waals surface area contributed by atoms with Crippen LogP contribution in [0.1, 0.15) is 37.7 Å². The lowest BCUT2D eigenvalue weighted by Crippen LogP contribution is -2.43. The molecule has 0 saturated heterocycles. The number of amides is 1.